The van der Waals surface area contributed by atoms with Gasteiger partial charge in [0.15, 0.2) is 5.75 Å². The van der Waals surface area contributed by atoms with Crippen molar-refractivity contribution in [3.05, 3.63) is 28.3 Å². The Morgan fingerprint density at radius 2 is 2.25 bits per heavy atom. The lowest BCUT2D eigenvalue weighted by Gasteiger charge is -2.16. The average Bonchev–Trinajstić information content (AvgIpc) is 2.44. The zero-order chi connectivity index (χ0) is 15.0. The molecule has 1 rings (SSSR count). The minimum absolute atomic E-state index is 0.0194. The van der Waals surface area contributed by atoms with Gasteiger partial charge in [0, 0.05) is 30.3 Å². The highest BCUT2D eigenvalue weighted by Crippen LogP contribution is 2.30. The van der Waals surface area contributed by atoms with Gasteiger partial charge in [-0.1, -0.05) is 13.8 Å². The Labute approximate surface area is 119 Å². The van der Waals surface area contributed by atoms with E-state index in [1.165, 1.54) is 6.07 Å². The second kappa shape index (κ2) is 8.05. The highest BCUT2D eigenvalue weighted by molar-refractivity contribution is 5.58. The molecule has 0 saturated carbocycles. The van der Waals surface area contributed by atoms with Crippen molar-refractivity contribution in [2.75, 3.05) is 11.9 Å². The van der Waals surface area contributed by atoms with Gasteiger partial charge in [-0.2, -0.15) is 0 Å². The standard InChI is InChI=1S/C15H20N2O3/c1-4-7-12(6-3)16-13-8-9-14(17(18)19)15(11-13)20-10-5-2/h1,8-9,11-12,16H,5-7,10H2,2-3H3. The first kappa shape index (κ1) is 15.8. The summed E-state index contributed by atoms with van der Waals surface area (Å²) in [5.74, 6) is 2.90. The Morgan fingerprint density at radius 3 is 2.80 bits per heavy atom. The van der Waals surface area contributed by atoms with Crippen LogP contribution in [0.1, 0.15) is 33.1 Å². The molecule has 1 atom stereocenters. The fraction of sp³-hybridized carbons (Fsp3) is 0.467. The molecule has 1 unspecified atom stereocenters. The Hall–Kier alpha value is -2.22. The van der Waals surface area contributed by atoms with Gasteiger partial charge in [0.2, 0.25) is 0 Å². The maximum absolute atomic E-state index is 11.0. The summed E-state index contributed by atoms with van der Waals surface area (Å²) >= 11 is 0. The van der Waals surface area contributed by atoms with E-state index in [0.29, 0.717) is 13.0 Å². The van der Waals surface area contributed by atoms with E-state index in [-0.39, 0.29) is 17.5 Å². The van der Waals surface area contributed by atoms with Gasteiger partial charge in [0.25, 0.3) is 0 Å². The number of hydrogen-bond donors (Lipinski definition) is 1. The molecule has 0 bridgehead atoms. The first-order chi connectivity index (χ1) is 9.62. The van der Waals surface area contributed by atoms with Crippen LogP contribution in [-0.2, 0) is 0 Å². The van der Waals surface area contributed by atoms with E-state index < -0.39 is 4.92 Å². The highest BCUT2D eigenvalue weighted by Gasteiger charge is 2.16. The Bertz CT molecular complexity index is 494. The number of anilines is 1. The number of ether oxygens (including phenoxy) is 1. The van der Waals surface area contributed by atoms with Crippen molar-refractivity contribution in [2.24, 2.45) is 0 Å². The summed E-state index contributed by atoms with van der Waals surface area (Å²) in [6.07, 6.45) is 7.60. The lowest BCUT2D eigenvalue weighted by Crippen LogP contribution is -2.17. The van der Waals surface area contributed by atoms with E-state index in [1.54, 1.807) is 12.1 Å². The minimum atomic E-state index is -0.437. The summed E-state index contributed by atoms with van der Waals surface area (Å²) in [7, 11) is 0. The van der Waals surface area contributed by atoms with E-state index in [9.17, 15) is 10.1 Å². The quantitative estimate of drug-likeness (QED) is 0.447. The molecule has 0 aliphatic rings. The number of hydrogen-bond acceptors (Lipinski definition) is 4. The van der Waals surface area contributed by atoms with Crippen LogP contribution in [0.15, 0.2) is 18.2 Å². The minimum Gasteiger partial charge on any atom is -0.487 e. The van der Waals surface area contributed by atoms with E-state index in [4.69, 9.17) is 11.2 Å². The molecule has 0 spiro atoms. The molecule has 0 aromatic heterocycles. The monoisotopic (exact) mass is 276 g/mol. The normalized spacial score (nSPS) is 11.4. The third kappa shape index (κ3) is 4.47. The molecule has 1 aromatic carbocycles. The molecule has 0 aliphatic carbocycles. The molecule has 0 heterocycles. The van der Waals surface area contributed by atoms with Crippen LogP contribution in [-0.4, -0.2) is 17.6 Å². The van der Waals surface area contributed by atoms with Crippen molar-refractivity contribution in [2.45, 2.75) is 39.2 Å². The van der Waals surface area contributed by atoms with Gasteiger partial charge in [0.05, 0.1) is 11.5 Å². The third-order valence-electron chi connectivity index (χ3n) is 2.85. The van der Waals surface area contributed by atoms with Crippen LogP contribution in [0.4, 0.5) is 11.4 Å². The Morgan fingerprint density at radius 1 is 1.50 bits per heavy atom. The zero-order valence-corrected chi connectivity index (χ0v) is 11.9. The molecule has 0 aliphatic heterocycles. The summed E-state index contributed by atoms with van der Waals surface area (Å²) in [6, 6.07) is 4.94. The highest BCUT2D eigenvalue weighted by atomic mass is 16.6. The summed E-state index contributed by atoms with van der Waals surface area (Å²) in [6.45, 7) is 4.44. The first-order valence-electron chi connectivity index (χ1n) is 6.73. The maximum Gasteiger partial charge on any atom is 0.311 e. The molecule has 0 fully saturated rings. The molecule has 108 valence electrons. The second-order valence-corrected chi connectivity index (χ2v) is 4.45. The summed E-state index contributed by atoms with van der Waals surface area (Å²) in [5, 5.41) is 14.2. The Kier molecular flexibility index (Phi) is 6.38. The van der Waals surface area contributed by atoms with Gasteiger partial charge >= 0.3 is 5.69 Å². The van der Waals surface area contributed by atoms with Gasteiger partial charge in [-0.3, -0.25) is 10.1 Å². The zero-order valence-electron chi connectivity index (χ0n) is 11.9. The van der Waals surface area contributed by atoms with E-state index in [2.05, 4.69) is 11.2 Å². The van der Waals surface area contributed by atoms with E-state index >= 15 is 0 Å². The van der Waals surface area contributed by atoms with E-state index in [1.807, 2.05) is 13.8 Å². The van der Waals surface area contributed by atoms with Crippen LogP contribution >= 0.6 is 0 Å². The molecule has 5 heteroatoms. The number of nitro groups is 1. The number of nitrogens with zero attached hydrogens (tertiary/aromatic N) is 1. The number of terminal acetylenes is 1. The van der Waals surface area contributed by atoms with Gasteiger partial charge in [-0.05, 0) is 18.9 Å². The lowest BCUT2D eigenvalue weighted by atomic mass is 10.1. The van der Waals surface area contributed by atoms with Gasteiger partial charge in [-0.15, -0.1) is 12.3 Å². The number of rotatable bonds is 8. The van der Waals surface area contributed by atoms with Crippen LogP contribution in [0.3, 0.4) is 0 Å². The van der Waals surface area contributed by atoms with Crippen molar-refractivity contribution >= 4 is 11.4 Å². The first-order valence-corrected chi connectivity index (χ1v) is 6.73. The summed E-state index contributed by atoms with van der Waals surface area (Å²) < 4.78 is 5.44. The topological polar surface area (TPSA) is 64.4 Å². The summed E-state index contributed by atoms with van der Waals surface area (Å²) in [4.78, 5) is 10.5. The molecule has 5 nitrogen and oxygen atoms in total. The SMILES string of the molecule is C#CCC(CC)Nc1ccc([N+](=O)[O-])c(OCCC)c1. The molecule has 0 amide bonds. The van der Waals surface area contributed by atoms with Crippen molar-refractivity contribution < 1.29 is 9.66 Å². The van der Waals surface area contributed by atoms with Gasteiger partial charge < -0.3 is 10.1 Å². The fourth-order valence-electron chi connectivity index (χ4n) is 1.76. The van der Waals surface area contributed by atoms with Crippen LogP contribution in [0.5, 0.6) is 5.75 Å². The molecule has 20 heavy (non-hydrogen) atoms. The molecule has 0 radical (unpaired) electrons. The largest absolute Gasteiger partial charge is 0.487 e. The van der Waals surface area contributed by atoms with Crippen LogP contribution in [0.25, 0.3) is 0 Å². The van der Waals surface area contributed by atoms with Crippen LogP contribution in [0.2, 0.25) is 0 Å². The molecule has 1 N–H and O–H groups in total. The maximum atomic E-state index is 11.0. The average molecular weight is 276 g/mol. The van der Waals surface area contributed by atoms with Crippen LogP contribution in [0, 0.1) is 22.5 Å². The lowest BCUT2D eigenvalue weighted by molar-refractivity contribution is -0.385. The second-order valence-electron chi connectivity index (χ2n) is 4.45. The molecule has 0 saturated heterocycles. The van der Waals surface area contributed by atoms with Crippen molar-refractivity contribution in [3.63, 3.8) is 0 Å². The molecular weight excluding hydrogens is 256 g/mol. The fourth-order valence-corrected chi connectivity index (χ4v) is 1.76. The molecule has 1 aromatic rings. The molecular formula is C15H20N2O3. The van der Waals surface area contributed by atoms with Crippen molar-refractivity contribution in [1.29, 1.82) is 0 Å². The van der Waals surface area contributed by atoms with E-state index in [0.717, 1.165) is 18.5 Å². The Balaban J connectivity index is 2.93. The van der Waals surface area contributed by atoms with Gasteiger partial charge in [-0.25, -0.2) is 0 Å². The summed E-state index contributed by atoms with van der Waals surface area (Å²) in [5.41, 5.74) is 0.762. The number of nitrogens with one attached hydrogen (secondary N) is 1. The number of benzene rings is 1. The van der Waals surface area contributed by atoms with Gasteiger partial charge in [0.1, 0.15) is 0 Å². The van der Waals surface area contributed by atoms with Crippen molar-refractivity contribution in [1.82, 2.24) is 0 Å². The third-order valence-corrected chi connectivity index (χ3v) is 2.85. The van der Waals surface area contributed by atoms with Crippen molar-refractivity contribution in [3.8, 4) is 18.1 Å². The smallest absolute Gasteiger partial charge is 0.311 e. The van der Waals surface area contributed by atoms with Crippen LogP contribution < -0.4 is 10.1 Å². The predicted octanol–water partition coefficient (Wildman–Crippen LogP) is 3.60. The predicted molar refractivity (Wildman–Crippen MR) is 80.0 cm³/mol. The number of nitro benzene ring substituents is 1.